The Hall–Kier alpha value is -1.78. The molecule has 0 heterocycles. The van der Waals surface area contributed by atoms with Gasteiger partial charge in [0.2, 0.25) is 5.91 Å². The Labute approximate surface area is 150 Å². The van der Waals surface area contributed by atoms with Gasteiger partial charge in [-0.1, -0.05) is 32.0 Å². The van der Waals surface area contributed by atoms with E-state index in [-0.39, 0.29) is 18.3 Å². The van der Waals surface area contributed by atoms with Crippen molar-refractivity contribution in [1.29, 1.82) is 0 Å². The van der Waals surface area contributed by atoms with Crippen molar-refractivity contribution in [1.82, 2.24) is 5.32 Å². The van der Waals surface area contributed by atoms with Gasteiger partial charge < -0.3 is 15.8 Å². The van der Waals surface area contributed by atoms with Crippen LogP contribution in [0, 0.1) is 5.41 Å². The predicted octanol–water partition coefficient (Wildman–Crippen LogP) is 3.65. The molecule has 3 N–H and O–H groups in total. The number of carbonyl (C=O) groups is 1. The van der Waals surface area contributed by atoms with Crippen molar-refractivity contribution >= 4 is 29.1 Å². The van der Waals surface area contributed by atoms with Gasteiger partial charge >= 0.3 is 0 Å². The first-order chi connectivity index (χ1) is 11.1. The number of halogens is 1. The monoisotopic (exact) mass is 350 g/mol. The van der Waals surface area contributed by atoms with Crippen molar-refractivity contribution in [3.63, 3.8) is 0 Å². The summed E-state index contributed by atoms with van der Waals surface area (Å²) >= 11 is 0. The topological polar surface area (TPSA) is 64.4 Å². The number of hydrogen-bond donors (Lipinski definition) is 2. The van der Waals surface area contributed by atoms with Crippen molar-refractivity contribution in [3.05, 3.63) is 42.0 Å². The van der Waals surface area contributed by atoms with Crippen molar-refractivity contribution in [2.24, 2.45) is 11.1 Å². The molecule has 2 aromatic rings. The van der Waals surface area contributed by atoms with Gasteiger partial charge in [-0.25, -0.2) is 0 Å². The van der Waals surface area contributed by atoms with Crippen molar-refractivity contribution in [2.75, 3.05) is 13.7 Å². The second-order valence-electron chi connectivity index (χ2n) is 5.92. The number of ether oxygens (including phenoxy) is 1. The number of benzene rings is 2. The Morgan fingerprint density at radius 2 is 1.75 bits per heavy atom. The number of nitrogens with two attached hydrogens (primary N) is 1. The first-order valence-electron chi connectivity index (χ1n) is 8.13. The Kier molecular flexibility index (Phi) is 7.52. The lowest BCUT2D eigenvalue weighted by atomic mass is 9.81. The molecule has 4 nitrogen and oxygen atoms in total. The quantitative estimate of drug-likeness (QED) is 0.801. The molecule has 0 fully saturated rings. The van der Waals surface area contributed by atoms with Crippen LogP contribution in [0.5, 0.6) is 5.75 Å². The van der Waals surface area contributed by atoms with Crippen LogP contribution in [0.2, 0.25) is 0 Å². The first-order valence-corrected chi connectivity index (χ1v) is 8.13. The van der Waals surface area contributed by atoms with Gasteiger partial charge in [0.1, 0.15) is 5.75 Å². The molecule has 0 bridgehead atoms. The molecule has 24 heavy (non-hydrogen) atoms. The molecule has 0 aliphatic carbocycles. The molecule has 5 heteroatoms. The van der Waals surface area contributed by atoms with Gasteiger partial charge in [-0.3, -0.25) is 4.79 Å². The minimum absolute atomic E-state index is 0. The Morgan fingerprint density at radius 3 is 2.33 bits per heavy atom. The second-order valence-corrected chi connectivity index (χ2v) is 5.92. The molecular formula is C19H27ClN2O2. The summed E-state index contributed by atoms with van der Waals surface area (Å²) < 4.78 is 5.24. The van der Waals surface area contributed by atoms with Crippen LogP contribution in [-0.4, -0.2) is 19.6 Å². The fraction of sp³-hybridized carbons (Fsp3) is 0.421. The number of amides is 1. The minimum Gasteiger partial charge on any atom is -0.497 e. The minimum atomic E-state index is -0.454. The third-order valence-corrected chi connectivity index (χ3v) is 4.79. The molecule has 0 aromatic heterocycles. The third-order valence-electron chi connectivity index (χ3n) is 4.79. The molecule has 2 rings (SSSR count). The summed E-state index contributed by atoms with van der Waals surface area (Å²) in [7, 11) is 1.66. The van der Waals surface area contributed by atoms with Crippen molar-refractivity contribution in [2.45, 2.75) is 33.2 Å². The maximum atomic E-state index is 12.5. The van der Waals surface area contributed by atoms with Crippen molar-refractivity contribution < 1.29 is 9.53 Å². The molecular weight excluding hydrogens is 324 g/mol. The molecule has 0 atom stereocenters. The normalized spacial score (nSPS) is 11.0. The van der Waals surface area contributed by atoms with E-state index in [1.807, 2.05) is 38.1 Å². The summed E-state index contributed by atoms with van der Waals surface area (Å²) in [5, 5.41) is 5.29. The molecule has 0 radical (unpaired) electrons. The molecule has 0 aliphatic rings. The van der Waals surface area contributed by atoms with Gasteiger partial charge in [-0.15, -0.1) is 12.4 Å². The average Bonchev–Trinajstić information content (AvgIpc) is 2.61. The molecule has 2 aromatic carbocycles. The molecule has 0 saturated carbocycles. The molecule has 132 valence electrons. The average molecular weight is 351 g/mol. The van der Waals surface area contributed by atoms with Gasteiger partial charge in [0.25, 0.3) is 0 Å². The van der Waals surface area contributed by atoms with E-state index in [9.17, 15) is 4.79 Å². The SMILES string of the molecule is CCC(CC)(CN)C(=O)NCc1ccc2cc(OC)ccc2c1.Cl. The fourth-order valence-corrected chi connectivity index (χ4v) is 2.83. The number of methoxy groups -OCH3 is 1. The van der Waals surface area contributed by atoms with E-state index >= 15 is 0 Å². The lowest BCUT2D eigenvalue weighted by Gasteiger charge is -2.28. The number of rotatable bonds is 7. The van der Waals surface area contributed by atoms with Gasteiger partial charge in [0.15, 0.2) is 0 Å². The predicted molar refractivity (Wildman–Crippen MR) is 102 cm³/mol. The van der Waals surface area contributed by atoms with Crippen LogP contribution in [0.4, 0.5) is 0 Å². The number of hydrogen-bond acceptors (Lipinski definition) is 3. The second kappa shape index (κ2) is 8.90. The zero-order valence-electron chi connectivity index (χ0n) is 14.6. The van der Waals surface area contributed by atoms with E-state index < -0.39 is 5.41 Å². The number of carbonyl (C=O) groups excluding carboxylic acids is 1. The Balaban J connectivity index is 0.00000288. The fourth-order valence-electron chi connectivity index (χ4n) is 2.83. The molecule has 0 unspecified atom stereocenters. The van der Waals surface area contributed by atoms with Gasteiger partial charge in [0.05, 0.1) is 12.5 Å². The zero-order chi connectivity index (χ0) is 16.9. The smallest absolute Gasteiger partial charge is 0.227 e. The first kappa shape index (κ1) is 20.3. The van der Waals surface area contributed by atoms with Gasteiger partial charge in [-0.05, 0) is 47.4 Å². The maximum Gasteiger partial charge on any atom is 0.227 e. The molecule has 0 saturated heterocycles. The van der Waals surface area contributed by atoms with Crippen molar-refractivity contribution in [3.8, 4) is 5.75 Å². The summed E-state index contributed by atoms with van der Waals surface area (Å²) in [5.41, 5.74) is 6.45. The number of nitrogens with one attached hydrogen (secondary N) is 1. The Morgan fingerprint density at radius 1 is 1.12 bits per heavy atom. The van der Waals surface area contributed by atoms with Gasteiger partial charge in [-0.2, -0.15) is 0 Å². The van der Waals surface area contributed by atoms with Crippen LogP contribution in [0.1, 0.15) is 32.3 Å². The van der Waals surface area contributed by atoms with E-state index in [1.165, 1.54) is 0 Å². The lowest BCUT2D eigenvalue weighted by molar-refractivity contribution is -0.131. The molecule has 1 amide bonds. The third kappa shape index (κ3) is 4.19. The van der Waals surface area contributed by atoms with Crippen LogP contribution in [0.25, 0.3) is 10.8 Å². The summed E-state index contributed by atoms with van der Waals surface area (Å²) in [6.45, 7) is 4.92. The Bertz CT molecular complexity index is 676. The van der Waals surface area contributed by atoms with E-state index in [1.54, 1.807) is 7.11 Å². The zero-order valence-corrected chi connectivity index (χ0v) is 15.4. The van der Waals surface area contributed by atoms with E-state index in [2.05, 4.69) is 17.4 Å². The molecule has 0 spiro atoms. The van der Waals surface area contributed by atoms with Crippen LogP contribution in [-0.2, 0) is 11.3 Å². The highest BCUT2D eigenvalue weighted by molar-refractivity contribution is 5.86. The summed E-state index contributed by atoms with van der Waals surface area (Å²) in [6, 6.07) is 12.2. The van der Waals surface area contributed by atoms with E-state index in [0.29, 0.717) is 13.1 Å². The lowest BCUT2D eigenvalue weighted by Crippen LogP contribution is -2.45. The summed E-state index contributed by atoms with van der Waals surface area (Å²) in [5.74, 6) is 0.886. The van der Waals surface area contributed by atoms with E-state index in [0.717, 1.165) is 34.9 Å². The summed E-state index contributed by atoms with van der Waals surface area (Å²) in [6.07, 6.45) is 1.51. The highest BCUT2D eigenvalue weighted by atomic mass is 35.5. The molecule has 0 aliphatic heterocycles. The standard InChI is InChI=1S/C19H26N2O2.ClH/c1-4-19(5-2,13-20)18(22)21-12-14-6-7-16-11-17(23-3)9-8-15(16)10-14;/h6-11H,4-5,12-13,20H2,1-3H3,(H,21,22);1H. The highest BCUT2D eigenvalue weighted by Crippen LogP contribution is 2.25. The van der Waals surface area contributed by atoms with Crippen LogP contribution < -0.4 is 15.8 Å². The maximum absolute atomic E-state index is 12.5. The number of fused-ring (bicyclic) bond motifs is 1. The highest BCUT2D eigenvalue weighted by Gasteiger charge is 2.32. The van der Waals surface area contributed by atoms with Gasteiger partial charge in [0, 0.05) is 13.1 Å². The largest absolute Gasteiger partial charge is 0.497 e. The van der Waals surface area contributed by atoms with E-state index in [4.69, 9.17) is 10.5 Å². The van der Waals surface area contributed by atoms with Crippen LogP contribution >= 0.6 is 12.4 Å². The van der Waals surface area contributed by atoms with Crippen LogP contribution in [0.3, 0.4) is 0 Å². The summed E-state index contributed by atoms with van der Waals surface area (Å²) in [4.78, 5) is 12.5. The van der Waals surface area contributed by atoms with Crippen LogP contribution in [0.15, 0.2) is 36.4 Å².